The molecule has 1 aliphatic carbocycles. The van der Waals surface area contributed by atoms with Crippen LogP contribution in [0.25, 0.3) is 11.3 Å². The summed E-state index contributed by atoms with van der Waals surface area (Å²) in [7, 11) is 0. The molecule has 7 heteroatoms. The zero-order valence-electron chi connectivity index (χ0n) is 21.3. The van der Waals surface area contributed by atoms with Gasteiger partial charge in [-0.1, -0.05) is 72.8 Å². The summed E-state index contributed by atoms with van der Waals surface area (Å²) in [5.74, 6) is 2.03. The highest BCUT2D eigenvalue weighted by Crippen LogP contribution is 2.35. The molecule has 0 N–H and O–H groups in total. The first-order chi connectivity index (χ1) is 18.6. The standard InChI is InChI=1S/C31H30Cl2N2O2S/c1-2-36-30-17-21(9-15-29(30)37-19-22-8-14-26(32)27(33)16-22)18-34-31-35-28(20-38-31)25-12-10-24(11-13-25)23-6-4-3-5-7-23/h8-18,20,23H,2-7,19H2,1H3. The molecule has 196 valence electrons. The van der Waals surface area contributed by atoms with Crippen LogP contribution < -0.4 is 9.47 Å². The van der Waals surface area contributed by atoms with E-state index in [1.807, 2.05) is 31.2 Å². The molecular formula is C31H30Cl2N2O2S. The summed E-state index contributed by atoms with van der Waals surface area (Å²) < 4.78 is 11.8. The van der Waals surface area contributed by atoms with E-state index >= 15 is 0 Å². The van der Waals surface area contributed by atoms with E-state index in [4.69, 9.17) is 37.7 Å². The number of hydrogen-bond acceptors (Lipinski definition) is 5. The number of benzene rings is 3. The van der Waals surface area contributed by atoms with Crippen molar-refractivity contribution >= 4 is 45.9 Å². The highest BCUT2D eigenvalue weighted by Gasteiger charge is 2.15. The molecule has 0 radical (unpaired) electrons. The van der Waals surface area contributed by atoms with Crippen LogP contribution >= 0.6 is 34.5 Å². The number of aliphatic imine (C=N–C) groups is 1. The molecule has 3 aromatic carbocycles. The molecule has 0 spiro atoms. The molecule has 38 heavy (non-hydrogen) atoms. The van der Waals surface area contributed by atoms with E-state index in [9.17, 15) is 0 Å². The Balaban J connectivity index is 1.24. The zero-order valence-corrected chi connectivity index (χ0v) is 23.7. The number of rotatable bonds is 9. The van der Waals surface area contributed by atoms with Gasteiger partial charge in [0.2, 0.25) is 5.13 Å². The lowest BCUT2D eigenvalue weighted by Crippen LogP contribution is -2.04. The van der Waals surface area contributed by atoms with E-state index in [0.717, 1.165) is 22.4 Å². The van der Waals surface area contributed by atoms with Crippen molar-refractivity contribution in [1.29, 1.82) is 0 Å². The van der Waals surface area contributed by atoms with Gasteiger partial charge in [0, 0.05) is 17.2 Å². The number of aromatic nitrogens is 1. The molecule has 5 rings (SSSR count). The third kappa shape index (κ3) is 6.76. The van der Waals surface area contributed by atoms with E-state index in [1.54, 1.807) is 18.3 Å². The highest BCUT2D eigenvalue weighted by atomic mass is 35.5. The van der Waals surface area contributed by atoms with Crippen molar-refractivity contribution in [3.05, 3.63) is 92.8 Å². The number of thiazole rings is 1. The lowest BCUT2D eigenvalue weighted by atomic mass is 9.84. The Hall–Kier alpha value is -2.86. The lowest BCUT2D eigenvalue weighted by Gasteiger charge is -2.22. The van der Waals surface area contributed by atoms with Crippen molar-refractivity contribution in [2.24, 2.45) is 4.99 Å². The fraction of sp³-hybridized carbons (Fsp3) is 0.290. The van der Waals surface area contributed by atoms with Crippen LogP contribution in [0.2, 0.25) is 10.0 Å². The van der Waals surface area contributed by atoms with Crippen molar-refractivity contribution in [3.63, 3.8) is 0 Å². The topological polar surface area (TPSA) is 43.7 Å². The van der Waals surface area contributed by atoms with Gasteiger partial charge in [-0.05, 0) is 72.7 Å². The molecule has 1 saturated carbocycles. The number of ether oxygens (including phenoxy) is 2. The number of hydrogen-bond donors (Lipinski definition) is 0. The largest absolute Gasteiger partial charge is 0.490 e. The van der Waals surface area contributed by atoms with E-state index in [1.165, 1.54) is 49.0 Å². The van der Waals surface area contributed by atoms with E-state index in [-0.39, 0.29) is 0 Å². The van der Waals surface area contributed by atoms with Crippen LogP contribution in [0, 0.1) is 0 Å². The molecule has 0 saturated heterocycles. The Morgan fingerprint density at radius 3 is 2.50 bits per heavy atom. The summed E-state index contributed by atoms with van der Waals surface area (Å²) in [5.41, 5.74) is 5.37. The maximum atomic E-state index is 6.12. The SMILES string of the molecule is CCOc1cc(C=Nc2nc(-c3ccc(C4CCCCC4)cc3)cs2)ccc1OCc1ccc(Cl)c(Cl)c1. The first-order valence-electron chi connectivity index (χ1n) is 13.0. The Bertz CT molecular complexity index is 1400. The molecule has 0 unspecified atom stereocenters. The minimum Gasteiger partial charge on any atom is -0.490 e. The van der Waals surface area contributed by atoms with Crippen molar-refractivity contribution < 1.29 is 9.47 Å². The maximum Gasteiger partial charge on any atom is 0.209 e. The smallest absolute Gasteiger partial charge is 0.209 e. The Morgan fingerprint density at radius 2 is 1.74 bits per heavy atom. The third-order valence-electron chi connectivity index (χ3n) is 6.75. The second-order valence-electron chi connectivity index (χ2n) is 9.41. The number of nitrogens with zero attached hydrogens (tertiary/aromatic N) is 2. The van der Waals surface area contributed by atoms with Crippen molar-refractivity contribution in [2.45, 2.75) is 51.6 Å². The van der Waals surface area contributed by atoms with Gasteiger partial charge in [0.25, 0.3) is 0 Å². The van der Waals surface area contributed by atoms with Crippen LogP contribution in [-0.4, -0.2) is 17.8 Å². The Kier molecular flexibility index (Phi) is 9.00. The first-order valence-corrected chi connectivity index (χ1v) is 14.7. The van der Waals surface area contributed by atoms with E-state index in [2.05, 4.69) is 34.6 Å². The monoisotopic (exact) mass is 564 g/mol. The fourth-order valence-electron chi connectivity index (χ4n) is 4.73. The molecule has 4 nitrogen and oxygen atoms in total. The maximum absolute atomic E-state index is 6.12. The van der Waals surface area contributed by atoms with Gasteiger partial charge in [0.15, 0.2) is 11.5 Å². The predicted octanol–water partition coefficient (Wildman–Crippen LogP) is 9.89. The van der Waals surface area contributed by atoms with Gasteiger partial charge < -0.3 is 9.47 Å². The minimum atomic E-state index is 0.355. The summed E-state index contributed by atoms with van der Waals surface area (Å²) >= 11 is 13.7. The molecule has 1 fully saturated rings. The number of halogens is 2. The van der Waals surface area contributed by atoms with Crippen LogP contribution in [0.3, 0.4) is 0 Å². The van der Waals surface area contributed by atoms with Crippen LogP contribution in [0.4, 0.5) is 5.13 Å². The molecule has 1 heterocycles. The van der Waals surface area contributed by atoms with E-state index < -0.39 is 0 Å². The summed E-state index contributed by atoms with van der Waals surface area (Å²) in [6, 6.07) is 20.2. The Labute approximate surface area is 238 Å². The van der Waals surface area contributed by atoms with Gasteiger partial charge in [-0.25, -0.2) is 9.98 Å². The van der Waals surface area contributed by atoms with Crippen molar-refractivity contribution in [3.8, 4) is 22.8 Å². The van der Waals surface area contributed by atoms with Crippen LogP contribution in [0.15, 0.2) is 71.0 Å². The summed E-state index contributed by atoms with van der Waals surface area (Å²) in [4.78, 5) is 9.35. The predicted molar refractivity (Wildman–Crippen MR) is 159 cm³/mol. The normalized spacial score (nSPS) is 14.2. The highest BCUT2D eigenvalue weighted by molar-refractivity contribution is 7.13. The second-order valence-corrected chi connectivity index (χ2v) is 11.1. The molecule has 4 aromatic rings. The molecule has 0 bridgehead atoms. The molecule has 0 amide bonds. The minimum absolute atomic E-state index is 0.355. The van der Waals surface area contributed by atoms with Crippen LogP contribution in [0.1, 0.15) is 61.6 Å². The summed E-state index contributed by atoms with van der Waals surface area (Å²) in [5, 5.41) is 3.81. The second kappa shape index (κ2) is 12.8. The molecule has 1 aromatic heterocycles. The average Bonchev–Trinajstić information content (AvgIpc) is 3.43. The average molecular weight is 566 g/mol. The molecule has 1 aliphatic rings. The summed E-state index contributed by atoms with van der Waals surface area (Å²) in [6.07, 6.45) is 8.50. The first kappa shape index (κ1) is 26.7. The zero-order chi connectivity index (χ0) is 26.3. The van der Waals surface area contributed by atoms with Gasteiger partial charge in [0.1, 0.15) is 6.61 Å². The molecular weight excluding hydrogens is 535 g/mol. The quantitative estimate of drug-likeness (QED) is 0.190. The molecule has 0 atom stereocenters. The van der Waals surface area contributed by atoms with Gasteiger partial charge in [-0.3, -0.25) is 0 Å². The third-order valence-corrected chi connectivity index (χ3v) is 8.23. The lowest BCUT2D eigenvalue weighted by molar-refractivity contribution is 0.269. The van der Waals surface area contributed by atoms with Crippen LogP contribution in [-0.2, 0) is 6.61 Å². The fourth-order valence-corrected chi connectivity index (χ4v) is 5.72. The Morgan fingerprint density at radius 1 is 0.921 bits per heavy atom. The van der Waals surface area contributed by atoms with Crippen LogP contribution in [0.5, 0.6) is 11.5 Å². The van der Waals surface area contributed by atoms with Gasteiger partial charge >= 0.3 is 0 Å². The van der Waals surface area contributed by atoms with Crippen molar-refractivity contribution in [2.75, 3.05) is 6.61 Å². The van der Waals surface area contributed by atoms with Gasteiger partial charge in [0.05, 0.1) is 22.3 Å². The van der Waals surface area contributed by atoms with E-state index in [0.29, 0.717) is 45.8 Å². The summed E-state index contributed by atoms with van der Waals surface area (Å²) in [6.45, 7) is 2.83. The van der Waals surface area contributed by atoms with Crippen molar-refractivity contribution in [1.82, 2.24) is 4.98 Å². The molecule has 0 aliphatic heterocycles. The van der Waals surface area contributed by atoms with Gasteiger partial charge in [-0.2, -0.15) is 0 Å². The van der Waals surface area contributed by atoms with Gasteiger partial charge in [-0.15, -0.1) is 11.3 Å².